The van der Waals surface area contributed by atoms with Crippen LogP contribution in [0.3, 0.4) is 0 Å². The maximum atomic E-state index is 11.4. The summed E-state index contributed by atoms with van der Waals surface area (Å²) in [6.07, 6.45) is 0.366. The van der Waals surface area contributed by atoms with Crippen molar-refractivity contribution >= 4 is 23.1 Å². The van der Waals surface area contributed by atoms with Crippen molar-refractivity contribution in [1.29, 1.82) is 0 Å². The van der Waals surface area contributed by atoms with Crippen molar-refractivity contribution in [2.24, 2.45) is 5.16 Å². The van der Waals surface area contributed by atoms with E-state index in [1.165, 1.54) is 0 Å². The molecule has 0 aromatic heterocycles. The van der Waals surface area contributed by atoms with Gasteiger partial charge in [-0.15, -0.1) is 0 Å². The average Bonchev–Trinajstić information content (AvgIpc) is 2.42. The molecular formula is C9H6ClNO2. The van der Waals surface area contributed by atoms with Crippen molar-refractivity contribution in [3.63, 3.8) is 0 Å². The van der Waals surface area contributed by atoms with E-state index in [1.807, 2.05) is 0 Å². The lowest BCUT2D eigenvalue weighted by Crippen LogP contribution is -2.06. The second-order valence-electron chi connectivity index (χ2n) is 2.85. The fourth-order valence-corrected chi connectivity index (χ4v) is 1.62. The maximum absolute atomic E-state index is 11.4. The molecule has 1 N–H and O–H groups in total. The third kappa shape index (κ3) is 1.21. The van der Waals surface area contributed by atoms with E-state index in [0.717, 1.165) is 5.56 Å². The molecule has 3 nitrogen and oxygen atoms in total. The lowest BCUT2D eigenvalue weighted by Gasteiger charge is -1.94. The summed E-state index contributed by atoms with van der Waals surface area (Å²) in [5.41, 5.74) is 1.58. The Balaban J connectivity index is 2.56. The second-order valence-corrected chi connectivity index (χ2v) is 3.29. The summed E-state index contributed by atoms with van der Waals surface area (Å²) >= 11 is 5.75. The molecule has 13 heavy (non-hydrogen) atoms. The SMILES string of the molecule is O=C1/C(=N/O)Cc2cc(Cl)ccc21. The molecule has 0 saturated carbocycles. The number of nitrogens with zero attached hydrogens (tertiary/aromatic N) is 1. The number of oxime groups is 1. The van der Waals surface area contributed by atoms with Gasteiger partial charge in [-0.3, -0.25) is 4.79 Å². The number of carbonyl (C=O) groups is 1. The zero-order valence-corrected chi connectivity index (χ0v) is 7.38. The number of rotatable bonds is 0. The third-order valence-corrected chi connectivity index (χ3v) is 2.29. The van der Waals surface area contributed by atoms with Crippen molar-refractivity contribution in [2.75, 3.05) is 0 Å². The number of Topliss-reactive ketones (excluding diaryl/α,β-unsaturated/α-hetero) is 1. The Kier molecular flexibility index (Phi) is 1.81. The summed E-state index contributed by atoms with van der Waals surface area (Å²) in [6.45, 7) is 0. The van der Waals surface area contributed by atoms with Crippen molar-refractivity contribution in [2.45, 2.75) is 6.42 Å². The van der Waals surface area contributed by atoms with Crippen LogP contribution in [0.4, 0.5) is 0 Å². The highest BCUT2D eigenvalue weighted by Crippen LogP contribution is 2.23. The highest BCUT2D eigenvalue weighted by atomic mass is 35.5. The van der Waals surface area contributed by atoms with Crippen LogP contribution in [0.1, 0.15) is 15.9 Å². The van der Waals surface area contributed by atoms with Gasteiger partial charge in [-0.1, -0.05) is 16.8 Å². The van der Waals surface area contributed by atoms with Gasteiger partial charge in [-0.05, 0) is 23.8 Å². The summed E-state index contributed by atoms with van der Waals surface area (Å²) < 4.78 is 0. The minimum absolute atomic E-state index is 0.178. The van der Waals surface area contributed by atoms with Crippen LogP contribution >= 0.6 is 11.6 Å². The predicted octanol–water partition coefficient (Wildman–Crippen LogP) is 1.91. The molecule has 2 rings (SSSR count). The molecule has 4 heteroatoms. The van der Waals surface area contributed by atoms with Gasteiger partial charge in [0.1, 0.15) is 5.71 Å². The van der Waals surface area contributed by atoms with Gasteiger partial charge in [0.2, 0.25) is 5.78 Å². The number of hydrogen-bond donors (Lipinski definition) is 1. The van der Waals surface area contributed by atoms with Crippen LogP contribution in [0.15, 0.2) is 23.4 Å². The average molecular weight is 196 g/mol. The van der Waals surface area contributed by atoms with Crippen molar-refractivity contribution < 1.29 is 10.0 Å². The predicted molar refractivity (Wildman–Crippen MR) is 48.7 cm³/mol. The first-order valence-corrected chi connectivity index (χ1v) is 4.14. The number of halogens is 1. The minimum atomic E-state index is -0.214. The van der Waals surface area contributed by atoms with E-state index in [0.29, 0.717) is 17.0 Å². The zero-order chi connectivity index (χ0) is 9.42. The summed E-state index contributed by atoms with van der Waals surface area (Å²) in [5, 5.41) is 12.0. The topological polar surface area (TPSA) is 49.7 Å². The number of hydrogen-bond acceptors (Lipinski definition) is 3. The first kappa shape index (κ1) is 8.26. The lowest BCUT2D eigenvalue weighted by atomic mass is 10.1. The first-order valence-electron chi connectivity index (χ1n) is 3.76. The van der Waals surface area contributed by atoms with Gasteiger partial charge >= 0.3 is 0 Å². The summed E-state index contributed by atoms with van der Waals surface area (Å²) in [7, 11) is 0. The lowest BCUT2D eigenvalue weighted by molar-refractivity contribution is 0.106. The smallest absolute Gasteiger partial charge is 0.211 e. The van der Waals surface area contributed by atoms with Crippen molar-refractivity contribution in [3.8, 4) is 0 Å². The fraction of sp³-hybridized carbons (Fsp3) is 0.111. The molecule has 0 radical (unpaired) electrons. The molecule has 0 spiro atoms. The molecule has 0 saturated heterocycles. The molecule has 0 heterocycles. The number of carbonyl (C=O) groups excluding carboxylic acids is 1. The molecule has 0 unspecified atom stereocenters. The third-order valence-electron chi connectivity index (χ3n) is 2.05. The molecular weight excluding hydrogens is 190 g/mol. The van der Waals surface area contributed by atoms with Crippen molar-refractivity contribution in [3.05, 3.63) is 34.3 Å². The quantitative estimate of drug-likeness (QED) is 0.508. The largest absolute Gasteiger partial charge is 0.411 e. The van der Waals surface area contributed by atoms with Gasteiger partial charge in [0.15, 0.2) is 0 Å². The highest BCUT2D eigenvalue weighted by Gasteiger charge is 2.26. The van der Waals surface area contributed by atoms with Crippen LogP contribution < -0.4 is 0 Å². The molecule has 0 fully saturated rings. The number of fused-ring (bicyclic) bond motifs is 1. The Morgan fingerprint density at radius 3 is 2.92 bits per heavy atom. The Labute approximate surface area is 79.6 Å². The van der Waals surface area contributed by atoms with Gasteiger partial charge in [0.25, 0.3) is 0 Å². The zero-order valence-electron chi connectivity index (χ0n) is 6.62. The maximum Gasteiger partial charge on any atom is 0.211 e. The molecule has 66 valence electrons. The van der Waals surface area contributed by atoms with Crippen molar-refractivity contribution in [1.82, 2.24) is 0 Å². The van der Waals surface area contributed by atoms with Gasteiger partial charge in [-0.2, -0.15) is 0 Å². The van der Waals surface area contributed by atoms with Gasteiger partial charge in [0, 0.05) is 17.0 Å². The number of ketones is 1. The summed E-state index contributed by atoms with van der Waals surface area (Å²) in [4.78, 5) is 11.4. The van der Waals surface area contributed by atoms with E-state index < -0.39 is 0 Å². The number of benzene rings is 1. The first-order chi connectivity index (χ1) is 6.22. The summed E-state index contributed by atoms with van der Waals surface area (Å²) in [6, 6.07) is 5.02. The molecule has 1 aliphatic rings. The van der Waals surface area contributed by atoms with Gasteiger partial charge < -0.3 is 5.21 Å². The van der Waals surface area contributed by atoms with Gasteiger partial charge in [0.05, 0.1) is 0 Å². The molecule has 0 bridgehead atoms. The molecule has 1 aliphatic carbocycles. The van der Waals surface area contributed by atoms with Gasteiger partial charge in [-0.25, -0.2) is 0 Å². The van der Waals surface area contributed by atoms with Crippen LogP contribution in [-0.4, -0.2) is 16.7 Å². The Morgan fingerprint density at radius 2 is 2.23 bits per heavy atom. The molecule has 1 aromatic rings. The summed E-state index contributed by atoms with van der Waals surface area (Å²) in [5.74, 6) is -0.214. The van der Waals surface area contributed by atoms with E-state index in [-0.39, 0.29) is 11.5 Å². The normalized spacial score (nSPS) is 17.9. The van der Waals surface area contributed by atoms with Crippen LogP contribution in [0.25, 0.3) is 0 Å². The second kappa shape index (κ2) is 2.85. The fourth-order valence-electron chi connectivity index (χ4n) is 1.43. The molecule has 0 aliphatic heterocycles. The molecule has 0 atom stereocenters. The Bertz CT molecular complexity index is 412. The monoisotopic (exact) mass is 195 g/mol. The molecule has 0 amide bonds. The standard InChI is InChI=1S/C9H6ClNO2/c10-6-1-2-7-5(3-6)4-8(11-13)9(7)12/h1-3,13H,4H2/b11-8+. The Hall–Kier alpha value is -1.35. The van der Waals surface area contributed by atoms with E-state index in [9.17, 15) is 4.79 Å². The van der Waals surface area contributed by atoms with E-state index >= 15 is 0 Å². The highest BCUT2D eigenvalue weighted by molar-refractivity contribution is 6.49. The van der Waals surface area contributed by atoms with E-state index in [1.54, 1.807) is 18.2 Å². The van der Waals surface area contributed by atoms with Crippen LogP contribution in [0.2, 0.25) is 5.02 Å². The minimum Gasteiger partial charge on any atom is -0.411 e. The molecule has 1 aromatic carbocycles. The Morgan fingerprint density at radius 1 is 1.46 bits per heavy atom. The van der Waals surface area contributed by atoms with Crippen LogP contribution in [0, 0.1) is 0 Å². The van der Waals surface area contributed by atoms with E-state index in [2.05, 4.69) is 5.16 Å². The van der Waals surface area contributed by atoms with E-state index in [4.69, 9.17) is 16.8 Å². The van der Waals surface area contributed by atoms with Crippen LogP contribution in [-0.2, 0) is 6.42 Å². The van der Waals surface area contributed by atoms with Crippen LogP contribution in [0.5, 0.6) is 0 Å².